The van der Waals surface area contributed by atoms with Crippen molar-refractivity contribution < 1.29 is 19.4 Å². The fraction of sp³-hybridized carbons (Fsp3) is 0.208. The Morgan fingerprint density at radius 3 is 2.66 bits per heavy atom. The van der Waals surface area contributed by atoms with Gasteiger partial charge >= 0.3 is 5.97 Å². The average Bonchev–Trinajstić information content (AvgIpc) is 2.73. The van der Waals surface area contributed by atoms with Gasteiger partial charge in [0.2, 0.25) is 0 Å². The van der Waals surface area contributed by atoms with E-state index in [4.69, 9.17) is 15.2 Å². The predicted molar refractivity (Wildman–Crippen MR) is 112 cm³/mol. The summed E-state index contributed by atoms with van der Waals surface area (Å²) in [5.74, 6) is 0.444. The minimum absolute atomic E-state index is 0.390. The molecule has 1 aliphatic carbocycles. The third kappa shape index (κ3) is 3.82. The molecular formula is C24H23NO4. The van der Waals surface area contributed by atoms with Crippen molar-refractivity contribution in [3.8, 4) is 28.4 Å². The number of hydrogen-bond donors (Lipinski definition) is 2. The molecule has 4 rings (SSSR count). The minimum Gasteiger partial charge on any atom is -0.497 e. The number of carbonyl (C=O) groups is 1. The molecule has 29 heavy (non-hydrogen) atoms. The Hall–Kier alpha value is -3.31. The molecule has 0 spiro atoms. The first-order chi connectivity index (χ1) is 14.1. The lowest BCUT2D eigenvalue weighted by Gasteiger charge is -2.28. The van der Waals surface area contributed by atoms with Crippen LogP contribution in [0.3, 0.4) is 0 Å². The third-order valence-electron chi connectivity index (χ3n) is 5.39. The van der Waals surface area contributed by atoms with Gasteiger partial charge in [-0.25, -0.2) is 0 Å². The third-order valence-corrected chi connectivity index (χ3v) is 5.39. The fourth-order valence-corrected chi connectivity index (χ4v) is 3.90. The summed E-state index contributed by atoms with van der Waals surface area (Å²) >= 11 is 0. The summed E-state index contributed by atoms with van der Waals surface area (Å²) in [6.45, 7) is 0. The van der Waals surface area contributed by atoms with E-state index in [9.17, 15) is 9.90 Å². The maximum Gasteiger partial charge on any atom is 0.312 e. The topological polar surface area (TPSA) is 81.8 Å². The summed E-state index contributed by atoms with van der Waals surface area (Å²) in [6, 6.07) is 20.8. The van der Waals surface area contributed by atoms with Crippen LogP contribution in [0, 0.1) is 0 Å². The van der Waals surface area contributed by atoms with Crippen molar-refractivity contribution in [1.82, 2.24) is 0 Å². The number of para-hydroxylation sites is 1. The summed E-state index contributed by atoms with van der Waals surface area (Å²) in [6.07, 6.45) is 1.45. The Balaban J connectivity index is 1.70. The zero-order valence-electron chi connectivity index (χ0n) is 16.2. The highest BCUT2D eigenvalue weighted by molar-refractivity contribution is 5.78. The average molecular weight is 389 g/mol. The lowest BCUT2D eigenvalue weighted by molar-refractivity contribution is -0.139. The highest BCUT2D eigenvalue weighted by atomic mass is 16.5. The quantitative estimate of drug-likeness (QED) is 0.667. The number of nitrogens with two attached hydrogens (primary N) is 1. The van der Waals surface area contributed by atoms with E-state index < -0.39 is 11.9 Å². The van der Waals surface area contributed by atoms with Crippen LogP contribution in [0.4, 0.5) is 0 Å². The molecule has 2 atom stereocenters. The number of aryl methyl sites for hydroxylation is 1. The number of rotatable bonds is 5. The number of carboxylic acids is 1. The van der Waals surface area contributed by atoms with E-state index in [-0.39, 0.29) is 6.04 Å². The molecule has 1 aliphatic rings. The molecule has 3 N–H and O–H groups in total. The molecule has 0 aromatic heterocycles. The normalized spacial score (nSPS) is 18.0. The van der Waals surface area contributed by atoms with Gasteiger partial charge in [0.25, 0.3) is 0 Å². The Morgan fingerprint density at radius 2 is 1.86 bits per heavy atom. The van der Waals surface area contributed by atoms with Crippen molar-refractivity contribution in [2.75, 3.05) is 7.11 Å². The molecule has 3 aromatic rings. The fourth-order valence-electron chi connectivity index (χ4n) is 3.90. The molecule has 0 saturated heterocycles. The Morgan fingerprint density at radius 1 is 1.03 bits per heavy atom. The SMILES string of the molecule is COc1cccc(-c2ccccc2Oc2ccc3c(c2)C(C(=O)O)C(N)CC3)c1. The molecule has 0 bridgehead atoms. The number of hydrogen-bond acceptors (Lipinski definition) is 4. The summed E-state index contributed by atoms with van der Waals surface area (Å²) in [5.41, 5.74) is 9.76. The standard InChI is InChI=1S/C24H23NO4/c1-28-17-6-4-5-16(13-17)19-7-2-3-8-22(19)29-18-11-9-15-10-12-21(25)23(24(26)27)20(15)14-18/h2-9,11,13-14,21,23H,10,12,25H2,1H3,(H,26,27). The van der Waals surface area contributed by atoms with E-state index in [0.29, 0.717) is 17.9 Å². The van der Waals surface area contributed by atoms with Crippen LogP contribution >= 0.6 is 0 Å². The van der Waals surface area contributed by atoms with Crippen molar-refractivity contribution >= 4 is 5.97 Å². The van der Waals surface area contributed by atoms with Crippen LogP contribution in [0.15, 0.2) is 66.7 Å². The number of aliphatic carboxylic acids is 1. The zero-order valence-corrected chi connectivity index (χ0v) is 16.2. The summed E-state index contributed by atoms with van der Waals surface area (Å²) in [4.78, 5) is 11.8. The Labute approximate surface area is 169 Å². The van der Waals surface area contributed by atoms with Crippen LogP contribution in [-0.4, -0.2) is 24.2 Å². The van der Waals surface area contributed by atoms with Crippen molar-refractivity contribution in [2.45, 2.75) is 24.8 Å². The largest absolute Gasteiger partial charge is 0.497 e. The zero-order chi connectivity index (χ0) is 20.4. The molecule has 2 unspecified atom stereocenters. The molecule has 0 aliphatic heterocycles. The molecule has 148 valence electrons. The maximum absolute atomic E-state index is 11.8. The molecular weight excluding hydrogens is 366 g/mol. The monoisotopic (exact) mass is 389 g/mol. The summed E-state index contributed by atoms with van der Waals surface area (Å²) < 4.78 is 11.5. The van der Waals surface area contributed by atoms with Crippen molar-refractivity contribution in [3.05, 3.63) is 77.9 Å². The first-order valence-corrected chi connectivity index (χ1v) is 9.59. The van der Waals surface area contributed by atoms with Crippen molar-refractivity contribution in [2.24, 2.45) is 5.73 Å². The lowest BCUT2D eigenvalue weighted by Crippen LogP contribution is -2.37. The van der Waals surface area contributed by atoms with Gasteiger partial charge in [0.15, 0.2) is 0 Å². The van der Waals surface area contributed by atoms with Crippen LogP contribution in [0.25, 0.3) is 11.1 Å². The first-order valence-electron chi connectivity index (χ1n) is 9.59. The Bertz CT molecular complexity index is 1050. The molecule has 5 heteroatoms. The second kappa shape index (κ2) is 7.97. The van der Waals surface area contributed by atoms with Crippen LogP contribution in [0.2, 0.25) is 0 Å². The lowest BCUT2D eigenvalue weighted by atomic mass is 9.79. The molecule has 0 amide bonds. The van der Waals surface area contributed by atoms with Crippen molar-refractivity contribution in [1.29, 1.82) is 0 Å². The molecule has 5 nitrogen and oxygen atoms in total. The van der Waals surface area contributed by atoms with Crippen LogP contribution in [-0.2, 0) is 11.2 Å². The minimum atomic E-state index is -0.896. The van der Waals surface area contributed by atoms with Gasteiger partial charge in [-0.3, -0.25) is 4.79 Å². The van der Waals surface area contributed by atoms with Gasteiger partial charge in [0, 0.05) is 11.6 Å². The second-order valence-corrected chi connectivity index (χ2v) is 7.21. The van der Waals surface area contributed by atoms with E-state index in [1.807, 2.05) is 66.7 Å². The van der Waals surface area contributed by atoms with Gasteiger partial charge in [-0.15, -0.1) is 0 Å². The van der Waals surface area contributed by atoms with Crippen LogP contribution in [0.1, 0.15) is 23.5 Å². The van der Waals surface area contributed by atoms with Gasteiger partial charge in [-0.1, -0.05) is 36.4 Å². The highest BCUT2D eigenvalue weighted by Crippen LogP contribution is 2.38. The number of methoxy groups -OCH3 is 1. The van der Waals surface area contributed by atoms with Gasteiger partial charge in [-0.05, 0) is 59.9 Å². The van der Waals surface area contributed by atoms with E-state index in [1.54, 1.807) is 7.11 Å². The van der Waals surface area contributed by atoms with E-state index >= 15 is 0 Å². The van der Waals surface area contributed by atoms with Crippen LogP contribution in [0.5, 0.6) is 17.2 Å². The summed E-state index contributed by atoms with van der Waals surface area (Å²) in [7, 11) is 1.64. The number of ether oxygens (including phenoxy) is 2. The summed E-state index contributed by atoms with van der Waals surface area (Å²) in [5, 5.41) is 9.65. The van der Waals surface area contributed by atoms with E-state index in [0.717, 1.165) is 34.4 Å². The smallest absolute Gasteiger partial charge is 0.312 e. The Kier molecular flexibility index (Phi) is 5.23. The van der Waals surface area contributed by atoms with Crippen molar-refractivity contribution in [3.63, 3.8) is 0 Å². The number of benzene rings is 3. The number of fused-ring (bicyclic) bond motifs is 1. The predicted octanol–water partition coefficient (Wildman–Crippen LogP) is 4.60. The second-order valence-electron chi connectivity index (χ2n) is 7.21. The molecule has 0 radical (unpaired) electrons. The highest BCUT2D eigenvalue weighted by Gasteiger charge is 2.33. The van der Waals surface area contributed by atoms with E-state index in [1.165, 1.54) is 0 Å². The van der Waals surface area contributed by atoms with Crippen LogP contribution < -0.4 is 15.2 Å². The van der Waals surface area contributed by atoms with E-state index in [2.05, 4.69) is 0 Å². The molecule has 0 heterocycles. The van der Waals surface area contributed by atoms with Gasteiger partial charge < -0.3 is 20.3 Å². The molecule has 0 saturated carbocycles. The first kappa shape index (κ1) is 19.0. The van der Waals surface area contributed by atoms with Gasteiger partial charge in [0.05, 0.1) is 13.0 Å². The number of carboxylic acid groups (broad SMARTS) is 1. The van der Waals surface area contributed by atoms with Gasteiger partial charge in [-0.2, -0.15) is 0 Å². The molecule has 3 aromatic carbocycles. The maximum atomic E-state index is 11.8. The molecule has 0 fully saturated rings. The van der Waals surface area contributed by atoms with Gasteiger partial charge in [0.1, 0.15) is 17.2 Å².